The fourth-order valence-electron chi connectivity index (χ4n) is 2.50. The minimum Gasteiger partial charge on any atom is -1.00 e. The number of carbonyl (C=O) groups is 2. The first-order valence-corrected chi connectivity index (χ1v) is 7.87. The zero-order chi connectivity index (χ0) is 17.4. The Kier molecular flexibility index (Phi) is 8.67. The van der Waals surface area contributed by atoms with Crippen molar-refractivity contribution >= 4 is 11.8 Å². The number of halogens is 1. The van der Waals surface area contributed by atoms with Crippen LogP contribution in [-0.4, -0.2) is 36.6 Å². The minimum absolute atomic E-state index is 0. The summed E-state index contributed by atoms with van der Waals surface area (Å²) in [4.78, 5) is 23.6. The Balaban J connectivity index is 0.00000312. The fourth-order valence-corrected chi connectivity index (χ4v) is 2.50. The topological polar surface area (TPSA) is 80.2 Å². The average molecular weight is 364 g/mol. The number of hydrogen-bond donors (Lipinski definition) is 2. The first kappa shape index (κ1) is 20.7. The molecular formula is C19H22ClNO4. The van der Waals surface area contributed by atoms with Crippen LogP contribution in [0.25, 0.3) is 0 Å². The molecule has 0 heterocycles. The van der Waals surface area contributed by atoms with E-state index >= 15 is 0 Å². The molecule has 2 aromatic rings. The van der Waals surface area contributed by atoms with Crippen LogP contribution >= 0.6 is 0 Å². The summed E-state index contributed by atoms with van der Waals surface area (Å²) in [5.74, 6) is -0.251. The number of methoxy groups -OCH3 is 1. The number of carboxylic acid groups (broad SMARTS) is 1. The first-order valence-electron chi connectivity index (χ1n) is 7.87. The van der Waals surface area contributed by atoms with E-state index in [9.17, 15) is 14.7 Å². The van der Waals surface area contributed by atoms with E-state index in [-0.39, 0.29) is 24.6 Å². The van der Waals surface area contributed by atoms with E-state index in [1.54, 1.807) is 36.7 Å². The van der Waals surface area contributed by atoms with Gasteiger partial charge < -0.3 is 27.6 Å². The van der Waals surface area contributed by atoms with E-state index < -0.39 is 12.0 Å². The number of quaternary nitrogens is 1. The summed E-state index contributed by atoms with van der Waals surface area (Å²) in [6.45, 7) is 0.430. The third-order valence-electron chi connectivity index (χ3n) is 3.83. The lowest BCUT2D eigenvalue weighted by Gasteiger charge is -2.11. The van der Waals surface area contributed by atoms with E-state index in [1.165, 1.54) is 0 Å². The van der Waals surface area contributed by atoms with Crippen LogP contribution < -0.4 is 22.5 Å². The SMILES string of the molecule is COc1cccc(C(=O)CC[NH2+]C(Cc2ccccc2)C(=O)O)c1.[Cl-]. The van der Waals surface area contributed by atoms with Gasteiger partial charge in [-0.05, 0) is 17.7 Å². The first-order chi connectivity index (χ1) is 11.6. The maximum absolute atomic E-state index is 12.2. The molecule has 0 spiro atoms. The molecule has 5 nitrogen and oxygen atoms in total. The molecule has 0 bridgehead atoms. The number of aliphatic carboxylic acids is 1. The molecule has 1 atom stereocenters. The Morgan fingerprint density at radius 2 is 1.84 bits per heavy atom. The van der Waals surface area contributed by atoms with Crippen molar-refractivity contribution in [3.05, 3.63) is 65.7 Å². The monoisotopic (exact) mass is 363 g/mol. The summed E-state index contributed by atoms with van der Waals surface area (Å²) in [6.07, 6.45) is 0.718. The van der Waals surface area contributed by atoms with Gasteiger partial charge in [0.05, 0.1) is 20.1 Å². The van der Waals surface area contributed by atoms with Gasteiger partial charge in [0, 0.05) is 12.0 Å². The number of carbonyl (C=O) groups excluding carboxylic acids is 1. The molecule has 0 aliphatic rings. The van der Waals surface area contributed by atoms with Gasteiger partial charge in [0.15, 0.2) is 11.8 Å². The summed E-state index contributed by atoms with van der Waals surface area (Å²) in [5, 5.41) is 11.1. The van der Waals surface area contributed by atoms with Crippen LogP contribution in [0.5, 0.6) is 5.75 Å². The number of rotatable bonds is 9. The molecule has 0 saturated carbocycles. The Hall–Kier alpha value is -2.37. The lowest BCUT2D eigenvalue weighted by atomic mass is 10.0. The highest BCUT2D eigenvalue weighted by Gasteiger charge is 2.21. The van der Waals surface area contributed by atoms with Crippen molar-refractivity contribution in [3.63, 3.8) is 0 Å². The van der Waals surface area contributed by atoms with Crippen molar-refractivity contribution in [2.75, 3.05) is 13.7 Å². The van der Waals surface area contributed by atoms with Gasteiger partial charge in [0.1, 0.15) is 5.75 Å². The van der Waals surface area contributed by atoms with Crippen LogP contribution in [0.2, 0.25) is 0 Å². The number of Topliss-reactive ketones (excluding diaryl/α,β-unsaturated/α-hetero) is 1. The van der Waals surface area contributed by atoms with Gasteiger partial charge in [-0.1, -0.05) is 42.5 Å². The van der Waals surface area contributed by atoms with Crippen LogP contribution in [0.3, 0.4) is 0 Å². The Morgan fingerprint density at radius 3 is 2.48 bits per heavy atom. The number of benzene rings is 2. The van der Waals surface area contributed by atoms with Crippen molar-refractivity contribution in [2.45, 2.75) is 18.9 Å². The largest absolute Gasteiger partial charge is 1.00 e. The lowest BCUT2D eigenvalue weighted by Crippen LogP contribution is -3.00. The van der Waals surface area contributed by atoms with Gasteiger partial charge in [-0.15, -0.1) is 0 Å². The van der Waals surface area contributed by atoms with E-state index in [2.05, 4.69) is 0 Å². The molecular weight excluding hydrogens is 342 g/mol. The van der Waals surface area contributed by atoms with Crippen LogP contribution in [0, 0.1) is 0 Å². The van der Waals surface area contributed by atoms with Crippen LogP contribution in [0.4, 0.5) is 0 Å². The predicted octanol–water partition coefficient (Wildman–Crippen LogP) is -1.47. The molecule has 0 aliphatic carbocycles. The van der Waals surface area contributed by atoms with Crippen LogP contribution in [-0.2, 0) is 11.2 Å². The van der Waals surface area contributed by atoms with Gasteiger partial charge in [-0.3, -0.25) is 4.79 Å². The number of ether oxygens (including phenoxy) is 1. The van der Waals surface area contributed by atoms with E-state index in [0.29, 0.717) is 24.3 Å². The molecule has 1 unspecified atom stereocenters. The lowest BCUT2D eigenvalue weighted by molar-refractivity contribution is -0.676. The number of carboxylic acids is 1. The molecule has 0 saturated heterocycles. The molecule has 25 heavy (non-hydrogen) atoms. The molecule has 2 aromatic carbocycles. The highest BCUT2D eigenvalue weighted by Crippen LogP contribution is 2.13. The third kappa shape index (κ3) is 6.57. The van der Waals surface area contributed by atoms with Crippen LogP contribution in [0.15, 0.2) is 54.6 Å². The Labute approximate surface area is 153 Å². The standard InChI is InChI=1S/C19H21NO4.ClH/c1-24-16-9-5-8-15(13-16)18(21)10-11-20-17(19(22)23)12-14-6-3-2-4-7-14;/h2-9,13,17,20H,10-12H2,1H3,(H,22,23);1H. The van der Waals surface area contributed by atoms with Gasteiger partial charge in [-0.25, -0.2) is 4.79 Å². The van der Waals surface area contributed by atoms with Gasteiger partial charge in [0.25, 0.3) is 0 Å². The molecule has 6 heteroatoms. The third-order valence-corrected chi connectivity index (χ3v) is 3.83. The van der Waals surface area contributed by atoms with Crippen molar-refractivity contribution in [2.24, 2.45) is 0 Å². The van der Waals surface area contributed by atoms with E-state index in [4.69, 9.17) is 4.74 Å². The zero-order valence-corrected chi connectivity index (χ0v) is 14.8. The molecule has 0 amide bonds. The summed E-state index contributed by atoms with van der Waals surface area (Å²) < 4.78 is 5.11. The highest BCUT2D eigenvalue weighted by atomic mass is 35.5. The smallest absolute Gasteiger partial charge is 0.362 e. The van der Waals surface area contributed by atoms with Gasteiger partial charge >= 0.3 is 5.97 Å². The predicted molar refractivity (Wildman–Crippen MR) is 90.3 cm³/mol. The van der Waals surface area contributed by atoms with E-state index in [0.717, 1.165) is 5.56 Å². The molecule has 0 aromatic heterocycles. The highest BCUT2D eigenvalue weighted by molar-refractivity contribution is 5.96. The number of nitrogens with two attached hydrogens (primary N) is 1. The van der Waals surface area contributed by atoms with Crippen molar-refractivity contribution < 1.29 is 37.2 Å². The second-order valence-corrected chi connectivity index (χ2v) is 5.56. The van der Waals surface area contributed by atoms with Gasteiger partial charge in [-0.2, -0.15) is 0 Å². The maximum atomic E-state index is 12.2. The molecule has 0 aliphatic heterocycles. The summed E-state index contributed by atoms with van der Waals surface area (Å²) in [5.41, 5.74) is 1.55. The van der Waals surface area contributed by atoms with Crippen molar-refractivity contribution in [1.29, 1.82) is 0 Å². The molecule has 134 valence electrons. The maximum Gasteiger partial charge on any atom is 0.362 e. The molecule has 3 N–H and O–H groups in total. The zero-order valence-electron chi connectivity index (χ0n) is 14.0. The van der Waals surface area contributed by atoms with Gasteiger partial charge in [0.2, 0.25) is 0 Å². The quantitative estimate of drug-likeness (QED) is 0.533. The normalized spacial score (nSPS) is 11.2. The minimum atomic E-state index is -0.868. The van der Waals surface area contributed by atoms with Crippen molar-refractivity contribution in [1.82, 2.24) is 0 Å². The Morgan fingerprint density at radius 1 is 1.12 bits per heavy atom. The second-order valence-electron chi connectivity index (χ2n) is 5.56. The summed E-state index contributed by atoms with van der Waals surface area (Å²) >= 11 is 0. The molecule has 0 fully saturated rings. The van der Waals surface area contributed by atoms with Crippen molar-refractivity contribution in [3.8, 4) is 5.75 Å². The fraction of sp³-hybridized carbons (Fsp3) is 0.263. The number of hydrogen-bond acceptors (Lipinski definition) is 3. The molecule has 2 rings (SSSR count). The number of ketones is 1. The molecule has 0 radical (unpaired) electrons. The average Bonchev–Trinajstić information content (AvgIpc) is 2.61. The second kappa shape index (κ2) is 10.5. The summed E-state index contributed by atoms with van der Waals surface area (Å²) in [7, 11) is 1.55. The van der Waals surface area contributed by atoms with E-state index in [1.807, 2.05) is 30.3 Å². The summed E-state index contributed by atoms with van der Waals surface area (Å²) in [6, 6.07) is 15.9. The van der Waals surface area contributed by atoms with Crippen LogP contribution in [0.1, 0.15) is 22.3 Å². The Bertz CT molecular complexity index is 691.